The molecule has 0 radical (unpaired) electrons. The van der Waals surface area contributed by atoms with Gasteiger partial charge < -0.3 is 14.8 Å². The van der Waals surface area contributed by atoms with Gasteiger partial charge in [0.1, 0.15) is 6.26 Å². The summed E-state index contributed by atoms with van der Waals surface area (Å²) in [7, 11) is 0. The topological polar surface area (TPSA) is 75.4 Å². The van der Waals surface area contributed by atoms with Crippen LogP contribution in [0, 0.1) is 16.7 Å². The molecule has 1 fully saturated rings. The van der Waals surface area contributed by atoms with Gasteiger partial charge in [0, 0.05) is 6.54 Å². The molecule has 1 saturated carbocycles. The van der Waals surface area contributed by atoms with Crippen molar-refractivity contribution in [1.82, 2.24) is 4.98 Å². The second-order valence-electron chi connectivity index (χ2n) is 5.72. The number of carboxylic acid groups (broad SMARTS) is 1. The molecular weight excluding hydrogens is 220 g/mol. The molecule has 1 aromatic rings. The van der Waals surface area contributed by atoms with Gasteiger partial charge >= 0.3 is 5.97 Å². The van der Waals surface area contributed by atoms with Crippen LogP contribution in [0.4, 0.5) is 6.01 Å². The number of hydrogen-bond acceptors (Lipinski definition) is 4. The van der Waals surface area contributed by atoms with E-state index in [1.165, 1.54) is 0 Å². The van der Waals surface area contributed by atoms with Crippen LogP contribution in [0.15, 0.2) is 10.7 Å². The predicted octanol–water partition coefficient (Wildman–Crippen LogP) is 2.47. The van der Waals surface area contributed by atoms with Gasteiger partial charge in [0.05, 0.1) is 0 Å². The Bertz CT molecular complexity index is 434. The highest BCUT2D eigenvalue weighted by Gasteiger charge is 2.64. The lowest BCUT2D eigenvalue weighted by atomic mass is 10.0. The van der Waals surface area contributed by atoms with Crippen LogP contribution in [0.25, 0.3) is 0 Å². The lowest BCUT2D eigenvalue weighted by Crippen LogP contribution is -2.08. The summed E-state index contributed by atoms with van der Waals surface area (Å²) in [6.07, 6.45) is 1.15. The zero-order valence-corrected chi connectivity index (χ0v) is 10.6. The molecule has 0 aromatic carbocycles. The van der Waals surface area contributed by atoms with Crippen molar-refractivity contribution in [2.75, 3.05) is 11.9 Å². The average molecular weight is 238 g/mol. The lowest BCUT2D eigenvalue weighted by Gasteiger charge is -2.04. The SMILES string of the molecule is CC1(C)C(CNc2nc(C(=O)O)co2)C1(C)C. The van der Waals surface area contributed by atoms with Gasteiger partial charge in [0.2, 0.25) is 0 Å². The van der Waals surface area contributed by atoms with Crippen molar-refractivity contribution < 1.29 is 14.3 Å². The van der Waals surface area contributed by atoms with Gasteiger partial charge in [0.25, 0.3) is 6.01 Å². The zero-order valence-electron chi connectivity index (χ0n) is 10.6. The Hall–Kier alpha value is -1.52. The number of hydrogen-bond donors (Lipinski definition) is 2. The molecule has 17 heavy (non-hydrogen) atoms. The molecule has 0 aliphatic heterocycles. The van der Waals surface area contributed by atoms with Gasteiger partial charge in [-0.05, 0) is 16.7 Å². The van der Waals surface area contributed by atoms with Crippen molar-refractivity contribution in [1.29, 1.82) is 0 Å². The molecule has 0 spiro atoms. The third-order valence-corrected chi connectivity index (χ3v) is 4.50. The van der Waals surface area contributed by atoms with E-state index in [0.717, 1.165) is 12.8 Å². The molecule has 94 valence electrons. The number of rotatable bonds is 4. The minimum Gasteiger partial charge on any atom is -0.476 e. The minimum absolute atomic E-state index is 0.0678. The van der Waals surface area contributed by atoms with E-state index < -0.39 is 5.97 Å². The molecule has 5 heteroatoms. The van der Waals surface area contributed by atoms with E-state index in [2.05, 4.69) is 38.0 Å². The monoisotopic (exact) mass is 238 g/mol. The Labute approximate surface area is 100 Å². The molecule has 1 aliphatic carbocycles. The molecule has 0 atom stereocenters. The molecule has 1 aromatic heterocycles. The van der Waals surface area contributed by atoms with Crippen molar-refractivity contribution in [3.05, 3.63) is 12.0 Å². The normalized spacial score (nSPS) is 21.2. The van der Waals surface area contributed by atoms with Crippen molar-refractivity contribution in [3.8, 4) is 0 Å². The largest absolute Gasteiger partial charge is 0.476 e. The Kier molecular flexibility index (Phi) is 2.45. The van der Waals surface area contributed by atoms with Gasteiger partial charge in [-0.25, -0.2) is 4.79 Å². The van der Waals surface area contributed by atoms with Crippen molar-refractivity contribution in [2.24, 2.45) is 16.7 Å². The summed E-state index contributed by atoms with van der Waals surface area (Å²) < 4.78 is 5.04. The fourth-order valence-electron chi connectivity index (χ4n) is 2.49. The van der Waals surface area contributed by atoms with Crippen LogP contribution in [-0.4, -0.2) is 22.6 Å². The number of nitrogens with one attached hydrogen (secondary N) is 1. The standard InChI is InChI=1S/C12H18N2O3/c1-11(2)8(12(11,3)4)5-13-10-14-7(6-17-10)9(15)16/h6,8H,5H2,1-4H3,(H,13,14)(H,15,16). The van der Waals surface area contributed by atoms with E-state index >= 15 is 0 Å². The van der Waals surface area contributed by atoms with E-state index in [0.29, 0.717) is 16.7 Å². The Morgan fingerprint density at radius 1 is 1.47 bits per heavy atom. The minimum atomic E-state index is -1.08. The third-order valence-electron chi connectivity index (χ3n) is 4.50. The number of aromatic nitrogens is 1. The van der Waals surface area contributed by atoms with Crippen molar-refractivity contribution in [3.63, 3.8) is 0 Å². The highest BCUT2D eigenvalue weighted by molar-refractivity contribution is 5.85. The summed E-state index contributed by atoms with van der Waals surface area (Å²) in [5.41, 5.74) is 0.520. The first-order valence-corrected chi connectivity index (χ1v) is 5.69. The van der Waals surface area contributed by atoms with Crippen LogP contribution in [0.1, 0.15) is 38.2 Å². The Morgan fingerprint density at radius 2 is 2.06 bits per heavy atom. The van der Waals surface area contributed by atoms with Gasteiger partial charge in [-0.1, -0.05) is 27.7 Å². The first-order chi connectivity index (χ1) is 7.76. The highest BCUT2D eigenvalue weighted by Crippen LogP contribution is 2.68. The Balaban J connectivity index is 1.93. The van der Waals surface area contributed by atoms with E-state index in [1.54, 1.807) is 0 Å². The highest BCUT2D eigenvalue weighted by atomic mass is 16.4. The van der Waals surface area contributed by atoms with Crippen LogP contribution in [0.5, 0.6) is 0 Å². The summed E-state index contributed by atoms with van der Waals surface area (Å²) in [5.74, 6) is -0.538. The molecular formula is C12H18N2O3. The maximum absolute atomic E-state index is 10.6. The molecule has 1 heterocycles. The zero-order chi connectivity index (χ0) is 12.8. The fourth-order valence-corrected chi connectivity index (χ4v) is 2.49. The second-order valence-corrected chi connectivity index (χ2v) is 5.72. The molecule has 0 bridgehead atoms. The maximum Gasteiger partial charge on any atom is 0.357 e. The molecule has 2 N–H and O–H groups in total. The summed E-state index contributed by atoms with van der Waals surface area (Å²) in [6.45, 7) is 9.68. The first kappa shape index (κ1) is 12.0. The van der Waals surface area contributed by atoms with Crippen LogP contribution in [-0.2, 0) is 0 Å². The predicted molar refractivity (Wildman–Crippen MR) is 63.0 cm³/mol. The smallest absolute Gasteiger partial charge is 0.357 e. The van der Waals surface area contributed by atoms with Crippen LogP contribution in [0.2, 0.25) is 0 Å². The molecule has 0 saturated heterocycles. The van der Waals surface area contributed by atoms with Crippen LogP contribution >= 0.6 is 0 Å². The first-order valence-electron chi connectivity index (χ1n) is 5.69. The van der Waals surface area contributed by atoms with Crippen molar-refractivity contribution in [2.45, 2.75) is 27.7 Å². The van der Waals surface area contributed by atoms with E-state index in [-0.39, 0.29) is 11.7 Å². The van der Waals surface area contributed by atoms with Crippen molar-refractivity contribution >= 4 is 12.0 Å². The number of nitrogens with zero attached hydrogens (tertiary/aromatic N) is 1. The summed E-state index contributed by atoms with van der Waals surface area (Å²) in [4.78, 5) is 14.4. The molecule has 5 nitrogen and oxygen atoms in total. The number of oxazole rings is 1. The van der Waals surface area contributed by atoms with Crippen LogP contribution < -0.4 is 5.32 Å². The summed E-state index contributed by atoms with van der Waals surface area (Å²) >= 11 is 0. The van der Waals surface area contributed by atoms with Gasteiger partial charge in [-0.15, -0.1) is 0 Å². The maximum atomic E-state index is 10.6. The molecule has 0 unspecified atom stereocenters. The van der Waals surface area contributed by atoms with E-state index in [9.17, 15) is 4.79 Å². The molecule has 1 aliphatic rings. The molecule has 0 amide bonds. The second kappa shape index (κ2) is 3.48. The fraction of sp³-hybridized carbons (Fsp3) is 0.667. The van der Waals surface area contributed by atoms with Crippen LogP contribution in [0.3, 0.4) is 0 Å². The number of anilines is 1. The number of carboxylic acids is 1. The lowest BCUT2D eigenvalue weighted by molar-refractivity contribution is 0.0690. The number of aromatic carboxylic acids is 1. The van der Waals surface area contributed by atoms with Gasteiger partial charge in [-0.3, -0.25) is 0 Å². The third kappa shape index (κ3) is 1.79. The van der Waals surface area contributed by atoms with E-state index in [1.807, 2.05) is 0 Å². The molecule has 2 rings (SSSR count). The quantitative estimate of drug-likeness (QED) is 0.842. The summed E-state index contributed by atoms with van der Waals surface area (Å²) in [6, 6.07) is 0.279. The average Bonchev–Trinajstić information content (AvgIpc) is 2.58. The number of carbonyl (C=O) groups is 1. The Morgan fingerprint density at radius 3 is 2.47 bits per heavy atom. The van der Waals surface area contributed by atoms with Gasteiger partial charge in [-0.2, -0.15) is 4.98 Å². The van der Waals surface area contributed by atoms with Gasteiger partial charge in [0.15, 0.2) is 5.69 Å². The summed E-state index contributed by atoms with van der Waals surface area (Å²) in [5, 5.41) is 11.8. The van der Waals surface area contributed by atoms with E-state index in [4.69, 9.17) is 9.52 Å².